The van der Waals surface area contributed by atoms with Crippen LogP contribution in [0.2, 0.25) is 0 Å². The predicted octanol–water partition coefficient (Wildman–Crippen LogP) is 5.55. The van der Waals surface area contributed by atoms with Crippen molar-refractivity contribution in [2.75, 3.05) is 0 Å². The van der Waals surface area contributed by atoms with Crippen LogP contribution in [0.15, 0.2) is 79.0 Å². The number of para-hydroxylation sites is 1. The molecule has 7 heteroatoms. The first-order valence-corrected chi connectivity index (χ1v) is 12.1. The van der Waals surface area contributed by atoms with E-state index < -0.39 is 0 Å². The van der Waals surface area contributed by atoms with E-state index >= 15 is 0 Å². The first-order valence-electron chi connectivity index (χ1n) is 12.1. The van der Waals surface area contributed by atoms with Crippen molar-refractivity contribution in [1.82, 2.24) is 30.2 Å². The number of fused-ring (bicyclic) bond motifs is 2. The number of hydrogen-bond acceptors (Lipinski definition) is 5. The lowest BCUT2D eigenvalue weighted by Gasteiger charge is -2.14. The van der Waals surface area contributed by atoms with Crippen molar-refractivity contribution in [1.29, 1.82) is 0 Å². The van der Waals surface area contributed by atoms with Crippen molar-refractivity contribution in [3.05, 3.63) is 113 Å². The molecule has 0 spiro atoms. The number of benzene rings is 3. The molecule has 0 saturated heterocycles. The van der Waals surface area contributed by atoms with Gasteiger partial charge in [0.25, 0.3) is 0 Å². The molecule has 36 heavy (non-hydrogen) atoms. The third kappa shape index (κ3) is 3.98. The molecule has 6 rings (SSSR count). The predicted molar refractivity (Wildman–Crippen MR) is 139 cm³/mol. The molecule has 178 valence electrons. The number of hydrogen-bond donors (Lipinski definition) is 1. The molecule has 0 aliphatic carbocycles. The van der Waals surface area contributed by atoms with E-state index in [1.54, 1.807) is 0 Å². The lowest BCUT2D eigenvalue weighted by molar-refractivity contribution is 0.307. The Morgan fingerprint density at radius 3 is 2.64 bits per heavy atom. The van der Waals surface area contributed by atoms with Gasteiger partial charge < -0.3 is 9.30 Å². The minimum Gasteiger partial charge on any atom is -0.488 e. The van der Waals surface area contributed by atoms with Gasteiger partial charge in [0, 0.05) is 35.9 Å². The average Bonchev–Trinajstić information content (AvgIpc) is 3.57. The van der Waals surface area contributed by atoms with Gasteiger partial charge in [0.15, 0.2) is 0 Å². The summed E-state index contributed by atoms with van der Waals surface area (Å²) < 4.78 is 8.51. The van der Waals surface area contributed by atoms with Crippen LogP contribution in [0.3, 0.4) is 0 Å². The molecule has 1 aliphatic heterocycles. The number of H-pyrrole nitrogens is 1. The molecule has 5 aromatic rings. The summed E-state index contributed by atoms with van der Waals surface area (Å²) in [6.45, 7) is 5.41. The third-order valence-electron chi connectivity index (χ3n) is 6.63. The van der Waals surface area contributed by atoms with Gasteiger partial charge >= 0.3 is 0 Å². The van der Waals surface area contributed by atoms with Gasteiger partial charge in [-0.15, -0.1) is 10.2 Å². The fraction of sp³-hybridized carbons (Fsp3) is 0.172. The molecule has 7 nitrogen and oxygen atoms in total. The summed E-state index contributed by atoms with van der Waals surface area (Å²) in [5, 5.41) is 14.8. The molecule has 1 N–H and O–H groups in total. The van der Waals surface area contributed by atoms with Crippen LogP contribution in [-0.2, 0) is 19.6 Å². The maximum Gasteiger partial charge on any atom is 0.201 e. The van der Waals surface area contributed by atoms with Gasteiger partial charge in [-0.05, 0) is 46.5 Å². The zero-order valence-electron chi connectivity index (χ0n) is 20.3. The molecule has 0 fully saturated rings. The summed E-state index contributed by atoms with van der Waals surface area (Å²) in [5.74, 6) is 2.50. The highest BCUT2D eigenvalue weighted by Crippen LogP contribution is 2.40. The summed E-state index contributed by atoms with van der Waals surface area (Å²) in [7, 11) is 0. The first-order chi connectivity index (χ1) is 17.7. The Bertz CT molecular complexity index is 1550. The van der Waals surface area contributed by atoms with Gasteiger partial charge in [-0.25, -0.2) is 4.98 Å². The first kappa shape index (κ1) is 22.0. The number of tetrazole rings is 1. The van der Waals surface area contributed by atoms with Crippen LogP contribution in [0, 0.1) is 0 Å². The normalized spacial score (nSPS) is 13.9. The van der Waals surface area contributed by atoms with Crippen molar-refractivity contribution in [2.45, 2.75) is 33.4 Å². The number of aromatic amines is 1. The van der Waals surface area contributed by atoms with Crippen LogP contribution in [0.5, 0.6) is 5.75 Å². The summed E-state index contributed by atoms with van der Waals surface area (Å²) in [6, 6.07) is 25.1. The number of rotatable bonds is 5. The topological polar surface area (TPSA) is 81.5 Å². The van der Waals surface area contributed by atoms with Crippen LogP contribution in [0.25, 0.3) is 22.4 Å². The van der Waals surface area contributed by atoms with E-state index in [-0.39, 0.29) is 0 Å². The van der Waals surface area contributed by atoms with E-state index in [1.165, 1.54) is 5.56 Å². The van der Waals surface area contributed by atoms with E-state index in [9.17, 15) is 0 Å². The van der Waals surface area contributed by atoms with Crippen molar-refractivity contribution >= 4 is 11.1 Å². The minimum atomic E-state index is 0.489. The van der Waals surface area contributed by atoms with E-state index in [2.05, 4.69) is 74.7 Å². The van der Waals surface area contributed by atoms with Crippen molar-refractivity contribution < 1.29 is 4.74 Å². The van der Waals surface area contributed by atoms with E-state index in [0.29, 0.717) is 12.4 Å². The molecular weight excluding hydrogens is 448 g/mol. The van der Waals surface area contributed by atoms with E-state index in [1.807, 2.05) is 43.3 Å². The smallest absolute Gasteiger partial charge is 0.201 e. The Hall–Kier alpha value is -4.52. The maximum absolute atomic E-state index is 6.27. The second-order valence-corrected chi connectivity index (χ2v) is 8.90. The molecule has 1 aliphatic rings. The molecule has 0 amide bonds. The third-order valence-corrected chi connectivity index (χ3v) is 6.63. The summed E-state index contributed by atoms with van der Waals surface area (Å²) in [5.41, 5.74) is 8.63. The van der Waals surface area contributed by atoms with Crippen molar-refractivity contribution in [2.24, 2.45) is 0 Å². The Labute approximate surface area is 209 Å². The van der Waals surface area contributed by atoms with E-state index in [4.69, 9.17) is 9.72 Å². The van der Waals surface area contributed by atoms with E-state index in [0.717, 1.165) is 63.6 Å². The number of allylic oxidation sites excluding steroid dienone is 1. The zero-order valence-corrected chi connectivity index (χ0v) is 20.3. The summed E-state index contributed by atoms with van der Waals surface area (Å²) >= 11 is 0. The molecule has 3 aromatic carbocycles. The molecular formula is C29H26N6O. The lowest BCUT2D eigenvalue weighted by atomic mass is 9.89. The van der Waals surface area contributed by atoms with Crippen LogP contribution < -0.4 is 4.74 Å². The maximum atomic E-state index is 6.27. The Morgan fingerprint density at radius 2 is 1.83 bits per heavy atom. The van der Waals surface area contributed by atoms with Crippen LogP contribution >= 0.6 is 0 Å². The minimum absolute atomic E-state index is 0.489. The lowest BCUT2D eigenvalue weighted by Crippen LogP contribution is -2.05. The highest BCUT2D eigenvalue weighted by molar-refractivity contribution is 5.99. The number of imidazole rings is 1. The van der Waals surface area contributed by atoms with Gasteiger partial charge in [-0.1, -0.05) is 67.6 Å². The molecule has 0 saturated carbocycles. The van der Waals surface area contributed by atoms with Crippen molar-refractivity contribution in [3.8, 4) is 17.0 Å². The monoisotopic (exact) mass is 474 g/mol. The van der Waals surface area contributed by atoms with Gasteiger partial charge in [0.1, 0.15) is 18.2 Å². The van der Waals surface area contributed by atoms with Crippen LogP contribution in [0.4, 0.5) is 0 Å². The zero-order chi connectivity index (χ0) is 24.5. The SMILES string of the molecule is CCc1nc(-c2ccccc2)cn1Cc1ccc2c(c1)COc1ccccc1/C2=C(\C)c1nn[nH]n1. The molecule has 0 atom stereocenters. The fourth-order valence-electron chi connectivity index (χ4n) is 4.86. The summed E-state index contributed by atoms with van der Waals surface area (Å²) in [4.78, 5) is 4.90. The quantitative estimate of drug-likeness (QED) is 0.361. The van der Waals surface area contributed by atoms with Gasteiger partial charge in [-0.3, -0.25) is 0 Å². The Balaban J connectivity index is 1.41. The second-order valence-electron chi connectivity index (χ2n) is 8.90. The average molecular weight is 475 g/mol. The highest BCUT2D eigenvalue weighted by Gasteiger charge is 2.23. The van der Waals surface area contributed by atoms with Gasteiger partial charge in [0.05, 0.1) is 5.69 Å². The molecule has 3 heterocycles. The number of aromatic nitrogens is 6. The molecule has 2 aromatic heterocycles. The standard InChI is InChI=1S/C29H26N6O/c1-3-27-30-25(21-9-5-4-6-10-21)17-35(27)16-20-13-14-23-22(15-20)18-36-26-12-8-7-11-24(26)28(23)19(2)29-31-33-34-32-29/h4-15,17H,3,16,18H2,1-2H3,(H,31,32,33,34)/b28-19+. The summed E-state index contributed by atoms with van der Waals surface area (Å²) in [6.07, 6.45) is 3.02. The number of ether oxygens (including phenoxy) is 1. The second kappa shape index (κ2) is 9.26. The number of nitrogens with one attached hydrogen (secondary N) is 1. The van der Waals surface area contributed by atoms with Gasteiger partial charge in [-0.2, -0.15) is 5.21 Å². The fourth-order valence-corrected chi connectivity index (χ4v) is 4.86. The molecule has 0 bridgehead atoms. The van der Waals surface area contributed by atoms with Crippen LogP contribution in [-0.4, -0.2) is 30.2 Å². The highest BCUT2D eigenvalue weighted by atomic mass is 16.5. The van der Waals surface area contributed by atoms with Crippen LogP contribution in [0.1, 0.15) is 47.8 Å². The molecule has 0 radical (unpaired) electrons. The largest absolute Gasteiger partial charge is 0.488 e. The van der Waals surface area contributed by atoms with Crippen molar-refractivity contribution in [3.63, 3.8) is 0 Å². The molecule has 0 unspecified atom stereocenters. The number of aryl methyl sites for hydroxylation is 1. The van der Waals surface area contributed by atoms with Gasteiger partial charge in [0.2, 0.25) is 5.82 Å². The Kier molecular flexibility index (Phi) is 5.65. The number of nitrogens with zero attached hydrogens (tertiary/aromatic N) is 5. The Morgan fingerprint density at radius 1 is 1.00 bits per heavy atom.